The van der Waals surface area contributed by atoms with Crippen LogP contribution in [0.25, 0.3) is 0 Å². The molecular formula is C8H15NO3S2. The molecule has 0 aliphatic heterocycles. The van der Waals surface area contributed by atoms with E-state index in [1.807, 2.05) is 20.8 Å². The van der Waals surface area contributed by atoms with E-state index in [4.69, 9.17) is 17.0 Å². The maximum Gasteiger partial charge on any atom is 0.219 e. The van der Waals surface area contributed by atoms with E-state index in [0.717, 1.165) is 0 Å². The van der Waals surface area contributed by atoms with Crippen molar-refractivity contribution >= 4 is 28.4 Å². The predicted molar refractivity (Wildman–Crippen MR) is 62.3 cm³/mol. The van der Waals surface area contributed by atoms with Gasteiger partial charge in [0.2, 0.25) is 10.9 Å². The molecule has 0 radical (unpaired) electrons. The van der Waals surface area contributed by atoms with Gasteiger partial charge in [0.05, 0.1) is 6.61 Å². The molecule has 14 heavy (non-hydrogen) atoms. The monoisotopic (exact) mass is 237 g/mol. The molecule has 0 aromatic rings. The molecule has 0 amide bonds. The number of thioether (sulfide) groups is 1. The van der Waals surface area contributed by atoms with Gasteiger partial charge in [0, 0.05) is 16.1 Å². The zero-order valence-electron chi connectivity index (χ0n) is 8.61. The van der Waals surface area contributed by atoms with Gasteiger partial charge in [0.15, 0.2) is 0 Å². The van der Waals surface area contributed by atoms with Crippen LogP contribution in [-0.2, 0) is 4.74 Å². The lowest BCUT2D eigenvalue weighted by molar-refractivity contribution is -0.494. The Morgan fingerprint density at radius 1 is 1.64 bits per heavy atom. The largest absolute Gasteiger partial charge is 0.479 e. The first-order chi connectivity index (χ1) is 6.37. The minimum atomic E-state index is -0.352. The minimum Gasteiger partial charge on any atom is -0.479 e. The standard InChI is InChI=1S/C8H15NO3S2/c1-4-12-7(13)14-6-8(2,3)5-9(10)11/h4-6H2,1-3H3. The molecule has 82 valence electrons. The van der Waals surface area contributed by atoms with Crippen LogP contribution in [0.3, 0.4) is 0 Å². The lowest BCUT2D eigenvalue weighted by Crippen LogP contribution is -2.26. The van der Waals surface area contributed by atoms with Gasteiger partial charge in [0.25, 0.3) is 0 Å². The van der Waals surface area contributed by atoms with Crippen LogP contribution in [0, 0.1) is 15.5 Å². The van der Waals surface area contributed by atoms with Crippen molar-refractivity contribution in [3.63, 3.8) is 0 Å². The molecule has 0 spiro atoms. The van der Waals surface area contributed by atoms with E-state index >= 15 is 0 Å². The Morgan fingerprint density at radius 3 is 2.64 bits per heavy atom. The number of rotatable bonds is 5. The van der Waals surface area contributed by atoms with Gasteiger partial charge in [-0.25, -0.2) is 0 Å². The normalized spacial score (nSPS) is 11.1. The summed E-state index contributed by atoms with van der Waals surface area (Å²) in [4.78, 5) is 10.0. The highest BCUT2D eigenvalue weighted by Crippen LogP contribution is 2.23. The van der Waals surface area contributed by atoms with Gasteiger partial charge in [-0.1, -0.05) is 25.6 Å². The molecule has 0 saturated carbocycles. The van der Waals surface area contributed by atoms with E-state index in [-0.39, 0.29) is 16.9 Å². The van der Waals surface area contributed by atoms with Crippen molar-refractivity contribution in [3.05, 3.63) is 10.1 Å². The van der Waals surface area contributed by atoms with Crippen LogP contribution in [0.2, 0.25) is 0 Å². The molecule has 0 unspecified atom stereocenters. The fourth-order valence-corrected chi connectivity index (χ4v) is 1.90. The highest BCUT2D eigenvalue weighted by atomic mass is 32.2. The predicted octanol–water partition coefficient (Wildman–Crippen LogP) is 2.34. The Bertz CT molecular complexity index is 219. The van der Waals surface area contributed by atoms with Gasteiger partial charge in [-0.05, 0) is 19.1 Å². The quantitative estimate of drug-likeness (QED) is 0.417. The zero-order valence-corrected chi connectivity index (χ0v) is 10.2. The van der Waals surface area contributed by atoms with Crippen LogP contribution in [0.5, 0.6) is 0 Å². The molecule has 0 aliphatic rings. The number of hydrogen-bond donors (Lipinski definition) is 0. The highest BCUT2D eigenvalue weighted by molar-refractivity contribution is 8.22. The molecule has 0 N–H and O–H groups in total. The van der Waals surface area contributed by atoms with E-state index in [0.29, 0.717) is 16.7 Å². The topological polar surface area (TPSA) is 52.4 Å². The maximum absolute atomic E-state index is 10.3. The molecule has 0 aromatic heterocycles. The van der Waals surface area contributed by atoms with Crippen LogP contribution in [0.4, 0.5) is 0 Å². The molecule has 0 heterocycles. The summed E-state index contributed by atoms with van der Waals surface area (Å²) < 4.78 is 5.53. The summed E-state index contributed by atoms with van der Waals surface area (Å²) in [5.74, 6) is 0.604. The smallest absolute Gasteiger partial charge is 0.219 e. The fourth-order valence-electron chi connectivity index (χ4n) is 0.809. The van der Waals surface area contributed by atoms with E-state index in [1.54, 1.807) is 0 Å². The average molecular weight is 237 g/mol. The Labute approximate surface area is 93.5 Å². The van der Waals surface area contributed by atoms with Crippen LogP contribution in [0.1, 0.15) is 20.8 Å². The molecule has 0 bridgehead atoms. The summed E-state index contributed by atoms with van der Waals surface area (Å²) in [5, 5.41) is 10.3. The second kappa shape index (κ2) is 6.19. The number of hydrogen-bond acceptors (Lipinski definition) is 5. The number of thiocarbonyl (C=S) groups is 1. The summed E-state index contributed by atoms with van der Waals surface area (Å²) >= 11 is 6.26. The van der Waals surface area contributed by atoms with Crippen molar-refractivity contribution < 1.29 is 9.66 Å². The van der Waals surface area contributed by atoms with Crippen LogP contribution < -0.4 is 0 Å². The SMILES string of the molecule is CCOC(=S)SCC(C)(C)C[N+](=O)[O-]. The van der Waals surface area contributed by atoms with Crippen molar-refractivity contribution in [2.75, 3.05) is 18.9 Å². The molecular weight excluding hydrogens is 222 g/mol. The van der Waals surface area contributed by atoms with Gasteiger partial charge in [-0.2, -0.15) is 0 Å². The average Bonchev–Trinajstić information content (AvgIpc) is 1.99. The third-order valence-electron chi connectivity index (χ3n) is 1.40. The Balaban J connectivity index is 3.86. The van der Waals surface area contributed by atoms with Gasteiger partial charge in [-0.3, -0.25) is 10.1 Å². The molecule has 0 saturated heterocycles. The summed E-state index contributed by atoms with van der Waals surface area (Å²) in [5.41, 5.74) is -0.352. The zero-order chi connectivity index (χ0) is 11.2. The van der Waals surface area contributed by atoms with E-state index in [2.05, 4.69) is 0 Å². The molecule has 0 rings (SSSR count). The fraction of sp³-hybridized carbons (Fsp3) is 0.875. The van der Waals surface area contributed by atoms with E-state index in [9.17, 15) is 10.1 Å². The van der Waals surface area contributed by atoms with E-state index in [1.165, 1.54) is 11.8 Å². The third-order valence-corrected chi connectivity index (χ3v) is 3.15. The summed E-state index contributed by atoms with van der Waals surface area (Å²) in [6.07, 6.45) is 0. The Kier molecular flexibility index (Phi) is 6.03. The molecule has 0 aromatic carbocycles. The number of nitrogens with zero attached hydrogens (tertiary/aromatic N) is 1. The Hall–Kier alpha value is -0.360. The van der Waals surface area contributed by atoms with E-state index < -0.39 is 0 Å². The number of nitro groups is 1. The molecule has 4 nitrogen and oxygen atoms in total. The second-order valence-corrected chi connectivity index (χ2v) is 5.20. The molecule has 6 heteroatoms. The second-order valence-electron chi connectivity index (χ2n) is 3.63. The van der Waals surface area contributed by atoms with Gasteiger partial charge >= 0.3 is 0 Å². The first-order valence-corrected chi connectivity index (χ1v) is 5.68. The molecule has 0 aliphatic carbocycles. The van der Waals surface area contributed by atoms with Crippen molar-refractivity contribution in [2.45, 2.75) is 20.8 Å². The van der Waals surface area contributed by atoms with Crippen molar-refractivity contribution in [1.82, 2.24) is 0 Å². The van der Waals surface area contributed by atoms with Gasteiger partial charge in [0.1, 0.15) is 0 Å². The van der Waals surface area contributed by atoms with Crippen LogP contribution in [0.15, 0.2) is 0 Å². The minimum absolute atomic E-state index is 0.0469. The first kappa shape index (κ1) is 13.6. The lowest BCUT2D eigenvalue weighted by atomic mass is 9.97. The van der Waals surface area contributed by atoms with Gasteiger partial charge in [-0.15, -0.1) is 0 Å². The summed E-state index contributed by atoms with van der Waals surface area (Å²) in [6.45, 7) is 6.04. The van der Waals surface area contributed by atoms with Crippen LogP contribution in [-0.4, -0.2) is 28.2 Å². The Morgan fingerprint density at radius 2 is 2.21 bits per heavy atom. The maximum atomic E-state index is 10.3. The van der Waals surface area contributed by atoms with Gasteiger partial charge < -0.3 is 4.74 Å². The first-order valence-electron chi connectivity index (χ1n) is 4.29. The van der Waals surface area contributed by atoms with Crippen molar-refractivity contribution in [2.24, 2.45) is 5.41 Å². The van der Waals surface area contributed by atoms with Crippen molar-refractivity contribution in [3.8, 4) is 0 Å². The molecule has 0 fully saturated rings. The lowest BCUT2D eigenvalue weighted by Gasteiger charge is -2.18. The molecule has 0 atom stereocenters. The third kappa shape index (κ3) is 7.08. The summed E-state index contributed by atoms with van der Waals surface area (Å²) in [6, 6.07) is 0. The summed E-state index contributed by atoms with van der Waals surface area (Å²) in [7, 11) is 0. The number of ether oxygens (including phenoxy) is 1. The highest BCUT2D eigenvalue weighted by Gasteiger charge is 2.25. The van der Waals surface area contributed by atoms with Crippen LogP contribution >= 0.6 is 24.0 Å². The van der Waals surface area contributed by atoms with Crippen molar-refractivity contribution in [1.29, 1.82) is 0 Å².